The molecule has 90 valence electrons. The molecule has 0 radical (unpaired) electrons. The molecule has 0 N–H and O–H groups in total. The maximum absolute atomic E-state index is 12.4. The highest BCUT2D eigenvalue weighted by Crippen LogP contribution is 2.29. The molecular weight excluding hydrogens is 288 g/mol. The Morgan fingerprint density at radius 3 is 2.89 bits per heavy atom. The molecule has 3 rings (SSSR count). The summed E-state index contributed by atoms with van der Waals surface area (Å²) < 4.78 is 0.801. The molecular formula is C12H7ClN2OS2. The minimum Gasteiger partial charge on any atom is -0.286 e. The summed E-state index contributed by atoms with van der Waals surface area (Å²) in [5.41, 5.74) is 2.17. The van der Waals surface area contributed by atoms with Crippen LogP contribution >= 0.6 is 34.3 Å². The van der Waals surface area contributed by atoms with Crippen LogP contribution in [-0.2, 0) is 0 Å². The van der Waals surface area contributed by atoms with Crippen molar-refractivity contribution < 1.29 is 4.79 Å². The number of aromatic nitrogens is 2. The Balaban J connectivity index is 2.26. The Kier molecular flexibility index (Phi) is 2.89. The van der Waals surface area contributed by atoms with E-state index in [1.807, 2.05) is 23.8 Å². The van der Waals surface area contributed by atoms with E-state index in [-0.39, 0.29) is 11.1 Å². The predicted octanol–water partition coefficient (Wildman–Crippen LogP) is 3.95. The maximum Gasteiger partial charge on any atom is 0.223 e. The van der Waals surface area contributed by atoms with Crippen molar-refractivity contribution in [2.24, 2.45) is 0 Å². The van der Waals surface area contributed by atoms with E-state index in [1.165, 1.54) is 22.7 Å². The van der Waals surface area contributed by atoms with Gasteiger partial charge in [-0.2, -0.15) is 0 Å². The third-order valence-electron chi connectivity index (χ3n) is 2.53. The molecule has 0 saturated carbocycles. The van der Waals surface area contributed by atoms with Gasteiger partial charge in [0.05, 0.1) is 15.1 Å². The van der Waals surface area contributed by atoms with E-state index in [9.17, 15) is 4.79 Å². The molecule has 18 heavy (non-hydrogen) atoms. The van der Waals surface area contributed by atoms with E-state index in [1.54, 1.807) is 6.07 Å². The molecule has 0 bridgehead atoms. The first-order valence-corrected chi connectivity index (χ1v) is 7.30. The van der Waals surface area contributed by atoms with Gasteiger partial charge in [0.1, 0.15) is 5.69 Å². The standard InChI is InChI=1S/C12H7ClN2OS2/c1-6-5-18-11-8(6)14-12(13)15-9(11)10(16)7-3-2-4-17-7/h2-5H,1H3. The second kappa shape index (κ2) is 4.42. The zero-order chi connectivity index (χ0) is 12.7. The lowest BCUT2D eigenvalue weighted by molar-refractivity contribution is 0.103. The predicted molar refractivity (Wildman–Crippen MR) is 74.9 cm³/mol. The van der Waals surface area contributed by atoms with Crippen LogP contribution in [0.5, 0.6) is 0 Å². The van der Waals surface area contributed by atoms with Gasteiger partial charge in [-0.25, -0.2) is 9.97 Å². The van der Waals surface area contributed by atoms with E-state index < -0.39 is 0 Å². The largest absolute Gasteiger partial charge is 0.286 e. The van der Waals surface area contributed by atoms with Gasteiger partial charge in [0.15, 0.2) is 0 Å². The number of rotatable bonds is 2. The number of ketones is 1. The normalized spacial score (nSPS) is 11.0. The molecule has 0 aliphatic carbocycles. The molecule has 3 heterocycles. The molecule has 0 aromatic carbocycles. The van der Waals surface area contributed by atoms with E-state index in [2.05, 4.69) is 9.97 Å². The highest BCUT2D eigenvalue weighted by Gasteiger charge is 2.19. The zero-order valence-electron chi connectivity index (χ0n) is 9.31. The molecule has 0 aliphatic heterocycles. The van der Waals surface area contributed by atoms with Crippen molar-refractivity contribution >= 4 is 50.3 Å². The molecule has 3 nitrogen and oxygen atoms in total. The van der Waals surface area contributed by atoms with Gasteiger partial charge in [0.2, 0.25) is 11.1 Å². The molecule has 3 aromatic rings. The van der Waals surface area contributed by atoms with Gasteiger partial charge < -0.3 is 0 Å². The topological polar surface area (TPSA) is 42.9 Å². The molecule has 6 heteroatoms. The van der Waals surface area contributed by atoms with E-state index in [0.717, 1.165) is 15.8 Å². The quantitative estimate of drug-likeness (QED) is 0.531. The highest BCUT2D eigenvalue weighted by molar-refractivity contribution is 7.18. The lowest BCUT2D eigenvalue weighted by Crippen LogP contribution is -2.03. The lowest BCUT2D eigenvalue weighted by atomic mass is 10.2. The van der Waals surface area contributed by atoms with Crippen LogP contribution in [0.15, 0.2) is 22.9 Å². The summed E-state index contributed by atoms with van der Waals surface area (Å²) in [7, 11) is 0. The van der Waals surface area contributed by atoms with Crippen molar-refractivity contribution in [2.75, 3.05) is 0 Å². The lowest BCUT2D eigenvalue weighted by Gasteiger charge is -2.00. The first-order chi connectivity index (χ1) is 8.66. The number of carbonyl (C=O) groups excluding carboxylic acids is 1. The summed E-state index contributed by atoms with van der Waals surface area (Å²) in [6, 6.07) is 3.63. The molecule has 0 saturated heterocycles. The van der Waals surface area contributed by atoms with Crippen molar-refractivity contribution in [1.29, 1.82) is 0 Å². The van der Waals surface area contributed by atoms with Crippen molar-refractivity contribution in [3.05, 3.63) is 44.3 Å². The summed E-state index contributed by atoms with van der Waals surface area (Å²) in [6.45, 7) is 1.95. The summed E-state index contributed by atoms with van der Waals surface area (Å²) in [4.78, 5) is 21.3. The first-order valence-electron chi connectivity index (χ1n) is 5.16. The summed E-state index contributed by atoms with van der Waals surface area (Å²) >= 11 is 8.77. The monoisotopic (exact) mass is 294 g/mol. The second-order valence-electron chi connectivity index (χ2n) is 3.74. The number of nitrogens with zero attached hydrogens (tertiary/aromatic N) is 2. The van der Waals surface area contributed by atoms with Gasteiger partial charge in [-0.05, 0) is 40.9 Å². The van der Waals surface area contributed by atoms with Crippen molar-refractivity contribution in [1.82, 2.24) is 9.97 Å². The van der Waals surface area contributed by atoms with Crippen LogP contribution in [0.3, 0.4) is 0 Å². The van der Waals surface area contributed by atoms with Crippen molar-refractivity contribution in [3.8, 4) is 0 Å². The Morgan fingerprint density at radius 2 is 2.17 bits per heavy atom. The van der Waals surface area contributed by atoms with E-state index >= 15 is 0 Å². The fourth-order valence-electron chi connectivity index (χ4n) is 1.68. The minimum atomic E-state index is -0.0962. The Bertz CT molecular complexity index is 734. The van der Waals surface area contributed by atoms with Crippen LogP contribution in [0.4, 0.5) is 0 Å². The minimum absolute atomic E-state index is 0.0962. The number of thiophene rings is 2. The smallest absolute Gasteiger partial charge is 0.223 e. The molecule has 0 amide bonds. The molecule has 0 atom stereocenters. The number of carbonyl (C=O) groups is 1. The number of halogens is 1. The second-order valence-corrected chi connectivity index (χ2v) is 5.91. The molecule has 0 unspecified atom stereocenters. The Hall–Kier alpha value is -1.30. The van der Waals surface area contributed by atoms with Gasteiger partial charge >= 0.3 is 0 Å². The summed E-state index contributed by atoms with van der Waals surface area (Å²) in [6.07, 6.45) is 0. The van der Waals surface area contributed by atoms with Gasteiger partial charge in [0.25, 0.3) is 0 Å². The Labute approximate surface area is 116 Å². The fourth-order valence-corrected chi connectivity index (χ4v) is 3.49. The van der Waals surface area contributed by atoms with Gasteiger partial charge in [0, 0.05) is 0 Å². The number of hydrogen-bond acceptors (Lipinski definition) is 5. The summed E-state index contributed by atoms with van der Waals surface area (Å²) in [5.74, 6) is -0.0962. The maximum atomic E-state index is 12.4. The van der Waals surface area contributed by atoms with Crippen LogP contribution in [0.25, 0.3) is 10.2 Å². The summed E-state index contributed by atoms with van der Waals surface area (Å²) in [5, 5.41) is 3.94. The van der Waals surface area contributed by atoms with Crippen LogP contribution in [-0.4, -0.2) is 15.8 Å². The third kappa shape index (κ3) is 1.84. The Morgan fingerprint density at radius 1 is 1.33 bits per heavy atom. The van der Waals surface area contributed by atoms with E-state index in [0.29, 0.717) is 10.6 Å². The van der Waals surface area contributed by atoms with Crippen molar-refractivity contribution in [3.63, 3.8) is 0 Å². The SMILES string of the molecule is Cc1csc2c(C(=O)c3cccs3)nc(Cl)nc12. The number of aryl methyl sites for hydroxylation is 1. The van der Waals surface area contributed by atoms with Crippen molar-refractivity contribution in [2.45, 2.75) is 6.92 Å². The van der Waals surface area contributed by atoms with Gasteiger partial charge in [-0.1, -0.05) is 6.07 Å². The third-order valence-corrected chi connectivity index (χ3v) is 4.66. The molecule has 0 aliphatic rings. The van der Waals surface area contributed by atoms with Crippen LogP contribution < -0.4 is 0 Å². The van der Waals surface area contributed by atoms with Gasteiger partial charge in [-0.3, -0.25) is 4.79 Å². The highest BCUT2D eigenvalue weighted by atomic mass is 35.5. The zero-order valence-corrected chi connectivity index (χ0v) is 11.7. The first kappa shape index (κ1) is 11.8. The van der Waals surface area contributed by atoms with Crippen LogP contribution in [0.2, 0.25) is 5.28 Å². The number of fused-ring (bicyclic) bond motifs is 1. The van der Waals surface area contributed by atoms with Crippen LogP contribution in [0, 0.1) is 6.92 Å². The molecule has 3 aromatic heterocycles. The number of hydrogen-bond donors (Lipinski definition) is 0. The molecule has 0 fully saturated rings. The van der Waals surface area contributed by atoms with Gasteiger partial charge in [-0.15, -0.1) is 22.7 Å². The average molecular weight is 295 g/mol. The fraction of sp³-hybridized carbons (Fsp3) is 0.0833. The van der Waals surface area contributed by atoms with E-state index in [4.69, 9.17) is 11.6 Å². The average Bonchev–Trinajstić information content (AvgIpc) is 2.98. The molecule has 0 spiro atoms. The van der Waals surface area contributed by atoms with Crippen LogP contribution in [0.1, 0.15) is 20.9 Å².